The number of benzene rings is 1. The van der Waals surface area contributed by atoms with E-state index in [1.54, 1.807) is 13.8 Å². The highest BCUT2D eigenvalue weighted by Crippen LogP contribution is 2.24. The van der Waals surface area contributed by atoms with Crippen LogP contribution in [0.4, 0.5) is 14.5 Å². The lowest BCUT2D eigenvalue weighted by atomic mass is 10.2. The van der Waals surface area contributed by atoms with Gasteiger partial charge in [0.1, 0.15) is 11.6 Å². The summed E-state index contributed by atoms with van der Waals surface area (Å²) in [6.07, 6.45) is 0. The maximum Gasteiger partial charge on any atom is 0.257 e. The molecule has 20 heavy (non-hydrogen) atoms. The van der Waals surface area contributed by atoms with Gasteiger partial charge >= 0.3 is 0 Å². The summed E-state index contributed by atoms with van der Waals surface area (Å²) < 4.78 is 27.0. The van der Waals surface area contributed by atoms with Crippen molar-refractivity contribution in [1.29, 1.82) is 0 Å². The molecule has 0 bridgehead atoms. The van der Waals surface area contributed by atoms with Crippen LogP contribution in [0, 0.1) is 25.5 Å². The van der Waals surface area contributed by atoms with E-state index in [2.05, 4.69) is 31.4 Å². The van der Waals surface area contributed by atoms with Crippen LogP contribution in [0.2, 0.25) is 0 Å². The standard InChI is InChI=1S/C13H10BrF2N3O/c1-6-3-8(7(2)19-18-6)13(20)17-12-5-10(15)9(14)4-11(12)16/h3-5H,1-2H3,(H,17,20). The topological polar surface area (TPSA) is 54.9 Å². The number of halogens is 3. The van der Waals surface area contributed by atoms with Gasteiger partial charge in [-0.05, 0) is 41.9 Å². The molecule has 0 saturated heterocycles. The minimum Gasteiger partial charge on any atom is -0.319 e. The Balaban J connectivity index is 2.32. The maximum absolute atomic E-state index is 13.6. The van der Waals surface area contributed by atoms with Crippen molar-refractivity contribution in [2.75, 3.05) is 5.32 Å². The van der Waals surface area contributed by atoms with Crippen molar-refractivity contribution in [3.8, 4) is 0 Å². The molecule has 0 unspecified atom stereocenters. The van der Waals surface area contributed by atoms with Gasteiger partial charge in [0.15, 0.2) is 0 Å². The van der Waals surface area contributed by atoms with Crippen LogP contribution in [0.15, 0.2) is 22.7 Å². The molecule has 0 saturated carbocycles. The SMILES string of the molecule is Cc1cc(C(=O)Nc2cc(F)c(Br)cc2F)c(C)nn1. The van der Waals surface area contributed by atoms with Crippen molar-refractivity contribution in [2.24, 2.45) is 0 Å². The van der Waals surface area contributed by atoms with E-state index in [9.17, 15) is 13.6 Å². The Morgan fingerprint density at radius 3 is 2.55 bits per heavy atom. The minimum absolute atomic E-state index is 0.00870. The number of nitrogens with one attached hydrogen (secondary N) is 1. The molecule has 1 N–H and O–H groups in total. The molecule has 4 nitrogen and oxygen atoms in total. The first-order valence-electron chi connectivity index (χ1n) is 5.65. The number of carbonyl (C=O) groups excluding carboxylic acids is 1. The zero-order valence-corrected chi connectivity index (χ0v) is 12.3. The third-order valence-corrected chi connectivity index (χ3v) is 3.21. The molecule has 2 aromatic rings. The van der Waals surface area contributed by atoms with Gasteiger partial charge in [0, 0.05) is 6.07 Å². The quantitative estimate of drug-likeness (QED) is 0.852. The molecule has 0 spiro atoms. The summed E-state index contributed by atoms with van der Waals surface area (Å²) in [5, 5.41) is 9.93. The van der Waals surface area contributed by atoms with Crippen LogP contribution in [0.25, 0.3) is 0 Å². The van der Waals surface area contributed by atoms with Crippen molar-refractivity contribution >= 4 is 27.5 Å². The van der Waals surface area contributed by atoms with Crippen molar-refractivity contribution < 1.29 is 13.6 Å². The average Bonchev–Trinajstić information content (AvgIpc) is 2.38. The van der Waals surface area contributed by atoms with Gasteiger partial charge in [0.25, 0.3) is 5.91 Å². The highest BCUT2D eigenvalue weighted by Gasteiger charge is 2.15. The molecule has 0 aliphatic carbocycles. The number of anilines is 1. The van der Waals surface area contributed by atoms with E-state index in [0.717, 1.165) is 12.1 Å². The van der Waals surface area contributed by atoms with Crippen LogP contribution in [0.5, 0.6) is 0 Å². The van der Waals surface area contributed by atoms with Crippen LogP contribution in [-0.4, -0.2) is 16.1 Å². The number of hydrogen-bond donors (Lipinski definition) is 1. The Labute approximate surface area is 122 Å². The second kappa shape index (κ2) is 5.62. The van der Waals surface area contributed by atoms with Crippen molar-refractivity contribution in [1.82, 2.24) is 10.2 Å². The number of aromatic nitrogens is 2. The molecule has 0 radical (unpaired) electrons. The number of carbonyl (C=O) groups is 1. The zero-order chi connectivity index (χ0) is 14.9. The van der Waals surface area contributed by atoms with E-state index in [4.69, 9.17) is 0 Å². The molecule has 1 aromatic heterocycles. The van der Waals surface area contributed by atoms with E-state index in [-0.39, 0.29) is 15.7 Å². The number of nitrogens with zero attached hydrogens (tertiary/aromatic N) is 2. The van der Waals surface area contributed by atoms with Crippen LogP contribution >= 0.6 is 15.9 Å². The van der Waals surface area contributed by atoms with E-state index in [1.807, 2.05) is 0 Å². The smallest absolute Gasteiger partial charge is 0.257 e. The van der Waals surface area contributed by atoms with Crippen molar-refractivity contribution in [2.45, 2.75) is 13.8 Å². The Bertz CT molecular complexity index is 692. The predicted octanol–water partition coefficient (Wildman–Crippen LogP) is 3.39. The first kappa shape index (κ1) is 14.5. The maximum atomic E-state index is 13.6. The normalized spacial score (nSPS) is 10.4. The van der Waals surface area contributed by atoms with Crippen LogP contribution < -0.4 is 5.32 Å². The predicted molar refractivity (Wildman–Crippen MR) is 73.5 cm³/mol. The van der Waals surface area contributed by atoms with E-state index in [1.165, 1.54) is 6.07 Å². The van der Waals surface area contributed by atoms with Crippen molar-refractivity contribution in [3.63, 3.8) is 0 Å². The third kappa shape index (κ3) is 2.98. The highest BCUT2D eigenvalue weighted by atomic mass is 79.9. The molecule has 7 heteroatoms. The molecule has 2 rings (SSSR count). The molecular weight excluding hydrogens is 332 g/mol. The molecule has 104 valence electrons. The molecular formula is C13H10BrF2N3O. The first-order valence-corrected chi connectivity index (χ1v) is 6.44. The summed E-state index contributed by atoms with van der Waals surface area (Å²) >= 11 is 2.87. The molecule has 0 aliphatic heterocycles. The third-order valence-electron chi connectivity index (χ3n) is 2.60. The molecule has 0 fully saturated rings. The second-order valence-corrected chi connectivity index (χ2v) is 5.04. The monoisotopic (exact) mass is 341 g/mol. The van der Waals surface area contributed by atoms with Gasteiger partial charge in [-0.3, -0.25) is 4.79 Å². The van der Waals surface area contributed by atoms with Crippen LogP contribution in [0.3, 0.4) is 0 Å². The fourth-order valence-corrected chi connectivity index (χ4v) is 1.90. The first-order chi connectivity index (χ1) is 9.38. The van der Waals surface area contributed by atoms with Crippen LogP contribution in [-0.2, 0) is 0 Å². The lowest BCUT2D eigenvalue weighted by molar-refractivity contribution is 0.102. The van der Waals surface area contributed by atoms with E-state index < -0.39 is 17.5 Å². The second-order valence-electron chi connectivity index (χ2n) is 4.19. The summed E-state index contributed by atoms with van der Waals surface area (Å²) in [5.41, 5.74) is 0.999. The molecule has 1 aromatic carbocycles. The Kier molecular flexibility index (Phi) is 4.08. The largest absolute Gasteiger partial charge is 0.319 e. The number of hydrogen-bond acceptors (Lipinski definition) is 3. The zero-order valence-electron chi connectivity index (χ0n) is 10.7. The van der Waals surface area contributed by atoms with Gasteiger partial charge in [-0.1, -0.05) is 0 Å². The summed E-state index contributed by atoms with van der Waals surface area (Å²) in [6.45, 7) is 3.29. The van der Waals surface area contributed by atoms with E-state index >= 15 is 0 Å². The molecule has 1 heterocycles. The Morgan fingerprint density at radius 2 is 1.85 bits per heavy atom. The van der Waals surface area contributed by atoms with Gasteiger partial charge in [-0.2, -0.15) is 10.2 Å². The number of amides is 1. The number of rotatable bonds is 2. The van der Waals surface area contributed by atoms with Gasteiger partial charge in [0.2, 0.25) is 0 Å². The summed E-state index contributed by atoms with van der Waals surface area (Å²) in [6, 6.07) is 3.40. The number of aryl methyl sites for hydroxylation is 2. The lowest BCUT2D eigenvalue weighted by Gasteiger charge is -2.09. The fourth-order valence-electron chi connectivity index (χ4n) is 1.59. The van der Waals surface area contributed by atoms with Gasteiger partial charge in [-0.15, -0.1) is 0 Å². The highest BCUT2D eigenvalue weighted by molar-refractivity contribution is 9.10. The fraction of sp³-hybridized carbons (Fsp3) is 0.154. The van der Waals surface area contributed by atoms with Gasteiger partial charge < -0.3 is 5.32 Å². The van der Waals surface area contributed by atoms with Gasteiger partial charge in [0.05, 0.1) is 27.1 Å². The Hall–Kier alpha value is -1.89. The minimum atomic E-state index is -0.733. The van der Waals surface area contributed by atoms with Crippen LogP contribution in [0.1, 0.15) is 21.7 Å². The molecule has 0 aliphatic rings. The summed E-state index contributed by atoms with van der Waals surface area (Å²) in [7, 11) is 0. The molecule has 1 amide bonds. The van der Waals surface area contributed by atoms with Crippen molar-refractivity contribution in [3.05, 3.63) is 51.3 Å². The molecule has 0 atom stereocenters. The lowest BCUT2D eigenvalue weighted by Crippen LogP contribution is -2.16. The summed E-state index contributed by atoms with van der Waals surface area (Å²) in [5.74, 6) is -1.97. The van der Waals surface area contributed by atoms with E-state index in [0.29, 0.717) is 11.4 Å². The average molecular weight is 342 g/mol. The van der Waals surface area contributed by atoms with Gasteiger partial charge in [-0.25, -0.2) is 8.78 Å². The Morgan fingerprint density at radius 1 is 1.15 bits per heavy atom. The summed E-state index contributed by atoms with van der Waals surface area (Å²) in [4.78, 5) is 12.1.